The molecule has 0 amide bonds. The van der Waals surface area contributed by atoms with E-state index in [4.69, 9.17) is 18.6 Å². The molecule has 1 aromatic heterocycles. The molecule has 0 saturated carbocycles. The van der Waals surface area contributed by atoms with E-state index in [0.29, 0.717) is 37.6 Å². The predicted molar refractivity (Wildman–Crippen MR) is 109 cm³/mol. The fourth-order valence-corrected chi connectivity index (χ4v) is 3.51. The van der Waals surface area contributed by atoms with Gasteiger partial charge in [-0.2, -0.15) is 0 Å². The number of morpholine rings is 1. The molecule has 1 saturated heterocycles. The van der Waals surface area contributed by atoms with Crippen LogP contribution in [0.4, 0.5) is 0 Å². The number of nitrogens with zero attached hydrogens (tertiary/aromatic N) is 1. The third kappa shape index (κ3) is 6.09. The molecule has 2 aromatic rings. The van der Waals surface area contributed by atoms with Gasteiger partial charge in [-0.3, -0.25) is 4.90 Å². The summed E-state index contributed by atoms with van der Waals surface area (Å²) in [6.45, 7) is 5.10. The molecule has 152 valence electrons. The molecule has 0 aliphatic carbocycles. The molecule has 1 atom stereocenters. The first-order valence-electron chi connectivity index (χ1n) is 9.41. The Morgan fingerprint density at radius 2 is 2.14 bits per heavy atom. The zero-order valence-corrected chi connectivity index (χ0v) is 17.9. The molecular formula is C21H26BrNO5. The van der Waals surface area contributed by atoms with E-state index in [2.05, 4.69) is 20.8 Å². The molecule has 2 heterocycles. The molecule has 1 aliphatic rings. The van der Waals surface area contributed by atoms with Gasteiger partial charge in [-0.15, -0.1) is 0 Å². The maximum absolute atomic E-state index is 11.2. The van der Waals surface area contributed by atoms with E-state index < -0.39 is 0 Å². The molecule has 0 N–H and O–H groups in total. The van der Waals surface area contributed by atoms with Gasteiger partial charge in [0.25, 0.3) is 0 Å². The highest BCUT2D eigenvalue weighted by atomic mass is 79.9. The number of hydrogen-bond donors (Lipinski definition) is 0. The quantitative estimate of drug-likeness (QED) is 0.576. The van der Waals surface area contributed by atoms with Gasteiger partial charge in [-0.25, -0.2) is 0 Å². The molecule has 0 spiro atoms. The molecule has 28 heavy (non-hydrogen) atoms. The summed E-state index contributed by atoms with van der Waals surface area (Å²) < 4.78 is 23.6. The van der Waals surface area contributed by atoms with Crippen LogP contribution in [0.2, 0.25) is 0 Å². The van der Waals surface area contributed by atoms with Gasteiger partial charge in [0.15, 0.2) is 16.2 Å². The first-order chi connectivity index (χ1) is 13.5. The van der Waals surface area contributed by atoms with Gasteiger partial charge in [-0.05, 0) is 59.1 Å². The Kier molecular flexibility index (Phi) is 7.53. The lowest BCUT2D eigenvalue weighted by molar-refractivity contribution is -0.116. The van der Waals surface area contributed by atoms with E-state index >= 15 is 0 Å². The third-order valence-electron chi connectivity index (χ3n) is 4.65. The Morgan fingerprint density at radius 1 is 1.29 bits per heavy atom. The van der Waals surface area contributed by atoms with Crippen LogP contribution in [0.3, 0.4) is 0 Å². The number of benzene rings is 1. The highest BCUT2D eigenvalue weighted by molar-refractivity contribution is 9.10. The average molecular weight is 452 g/mol. The largest absolute Gasteiger partial charge is 0.493 e. The van der Waals surface area contributed by atoms with Crippen molar-refractivity contribution in [3.8, 4) is 11.5 Å². The standard InChI is InChI=1S/C21H26BrNO5/c1-15(24)3-4-16-5-7-19(20(11-16)25-2)27-14-18-13-23(9-10-26-18)12-17-6-8-21(22)28-17/h5-8,11,18H,3-4,9-10,12-14H2,1-2H3. The lowest BCUT2D eigenvalue weighted by Gasteiger charge is -2.32. The van der Waals surface area contributed by atoms with Crippen molar-refractivity contribution in [1.82, 2.24) is 4.90 Å². The number of rotatable bonds is 9. The van der Waals surface area contributed by atoms with Crippen molar-refractivity contribution in [1.29, 1.82) is 0 Å². The lowest BCUT2D eigenvalue weighted by Crippen LogP contribution is -2.44. The molecule has 3 rings (SSSR count). The van der Waals surface area contributed by atoms with Crippen LogP contribution in [-0.2, 0) is 22.5 Å². The Hall–Kier alpha value is -1.83. The number of halogens is 1. The summed E-state index contributed by atoms with van der Waals surface area (Å²) in [5.41, 5.74) is 1.06. The molecule has 6 nitrogen and oxygen atoms in total. The van der Waals surface area contributed by atoms with Crippen LogP contribution in [0.1, 0.15) is 24.7 Å². The summed E-state index contributed by atoms with van der Waals surface area (Å²) in [6, 6.07) is 9.69. The minimum absolute atomic E-state index is 0.0192. The third-order valence-corrected chi connectivity index (χ3v) is 5.08. The maximum Gasteiger partial charge on any atom is 0.169 e. The van der Waals surface area contributed by atoms with Crippen LogP contribution in [0.5, 0.6) is 11.5 Å². The number of carbonyl (C=O) groups excluding carboxylic acids is 1. The van der Waals surface area contributed by atoms with Crippen LogP contribution in [0, 0.1) is 0 Å². The van der Waals surface area contributed by atoms with E-state index in [-0.39, 0.29) is 11.9 Å². The number of carbonyl (C=O) groups is 1. The van der Waals surface area contributed by atoms with Gasteiger partial charge in [0.05, 0.1) is 20.3 Å². The fraction of sp³-hybridized carbons (Fsp3) is 0.476. The van der Waals surface area contributed by atoms with E-state index in [1.807, 2.05) is 30.3 Å². The van der Waals surface area contributed by atoms with Crippen molar-refractivity contribution in [2.24, 2.45) is 0 Å². The van der Waals surface area contributed by atoms with Crippen molar-refractivity contribution in [3.63, 3.8) is 0 Å². The average Bonchev–Trinajstić information content (AvgIpc) is 3.09. The second kappa shape index (κ2) is 10.1. The first kappa shape index (κ1) is 20.9. The maximum atomic E-state index is 11.2. The van der Waals surface area contributed by atoms with E-state index in [9.17, 15) is 4.79 Å². The van der Waals surface area contributed by atoms with E-state index in [1.54, 1.807) is 14.0 Å². The molecule has 7 heteroatoms. The summed E-state index contributed by atoms with van der Waals surface area (Å²) in [5.74, 6) is 2.47. The number of furan rings is 1. The molecule has 1 aromatic carbocycles. The van der Waals surface area contributed by atoms with Crippen LogP contribution in [0.15, 0.2) is 39.4 Å². The second-order valence-corrected chi connectivity index (χ2v) is 7.71. The lowest BCUT2D eigenvalue weighted by atomic mass is 10.1. The Bertz CT molecular complexity index is 791. The van der Waals surface area contributed by atoms with Crippen LogP contribution in [-0.4, -0.2) is 50.2 Å². The number of Topliss-reactive ketones (excluding diaryl/α,β-unsaturated/α-hetero) is 1. The van der Waals surface area contributed by atoms with Gasteiger partial charge in [0.1, 0.15) is 24.3 Å². The minimum atomic E-state index is -0.0192. The Balaban J connectivity index is 1.53. The monoisotopic (exact) mass is 451 g/mol. The van der Waals surface area contributed by atoms with Crippen molar-refractivity contribution in [2.45, 2.75) is 32.4 Å². The fourth-order valence-electron chi connectivity index (χ4n) is 3.17. The second-order valence-electron chi connectivity index (χ2n) is 6.93. The Morgan fingerprint density at radius 3 is 2.86 bits per heavy atom. The number of hydrogen-bond acceptors (Lipinski definition) is 6. The highest BCUT2D eigenvalue weighted by Gasteiger charge is 2.22. The topological polar surface area (TPSA) is 61.1 Å². The zero-order valence-electron chi connectivity index (χ0n) is 16.3. The first-order valence-corrected chi connectivity index (χ1v) is 10.2. The summed E-state index contributed by atoms with van der Waals surface area (Å²) in [7, 11) is 1.62. The van der Waals surface area contributed by atoms with E-state index in [1.165, 1.54) is 0 Å². The van der Waals surface area contributed by atoms with Crippen molar-refractivity contribution < 1.29 is 23.4 Å². The van der Waals surface area contributed by atoms with Crippen LogP contribution in [0.25, 0.3) is 0 Å². The van der Waals surface area contributed by atoms with Crippen molar-refractivity contribution in [3.05, 3.63) is 46.3 Å². The molecule has 0 radical (unpaired) electrons. The molecular weight excluding hydrogens is 426 g/mol. The number of aryl methyl sites for hydroxylation is 1. The van der Waals surface area contributed by atoms with E-state index in [0.717, 1.165) is 35.6 Å². The van der Waals surface area contributed by atoms with Gasteiger partial charge in [0.2, 0.25) is 0 Å². The SMILES string of the molecule is COc1cc(CCC(C)=O)ccc1OCC1CN(Cc2ccc(Br)o2)CCO1. The molecule has 0 bridgehead atoms. The highest BCUT2D eigenvalue weighted by Crippen LogP contribution is 2.29. The van der Waals surface area contributed by atoms with Gasteiger partial charge in [0, 0.05) is 19.5 Å². The van der Waals surface area contributed by atoms with Gasteiger partial charge < -0.3 is 23.4 Å². The molecule has 1 aliphatic heterocycles. The van der Waals surface area contributed by atoms with Crippen LogP contribution >= 0.6 is 15.9 Å². The molecule has 1 unspecified atom stereocenters. The number of ether oxygens (including phenoxy) is 3. The summed E-state index contributed by atoms with van der Waals surface area (Å²) in [6.07, 6.45) is 1.21. The summed E-state index contributed by atoms with van der Waals surface area (Å²) >= 11 is 3.34. The minimum Gasteiger partial charge on any atom is -0.493 e. The van der Waals surface area contributed by atoms with Crippen LogP contribution < -0.4 is 9.47 Å². The summed E-state index contributed by atoms with van der Waals surface area (Å²) in [5, 5.41) is 0. The smallest absolute Gasteiger partial charge is 0.169 e. The van der Waals surface area contributed by atoms with Crippen molar-refractivity contribution in [2.75, 3.05) is 33.4 Å². The van der Waals surface area contributed by atoms with Crippen molar-refractivity contribution >= 4 is 21.7 Å². The Labute approximate surface area is 173 Å². The predicted octanol–water partition coefficient (Wildman–Crippen LogP) is 3.85. The number of methoxy groups -OCH3 is 1. The number of ketones is 1. The van der Waals surface area contributed by atoms with Gasteiger partial charge >= 0.3 is 0 Å². The summed E-state index contributed by atoms with van der Waals surface area (Å²) in [4.78, 5) is 13.5. The normalized spacial score (nSPS) is 17.5. The molecule has 1 fully saturated rings. The zero-order chi connectivity index (χ0) is 19.9. The van der Waals surface area contributed by atoms with Gasteiger partial charge in [-0.1, -0.05) is 6.07 Å².